The van der Waals surface area contributed by atoms with Crippen LogP contribution < -0.4 is 5.32 Å². The quantitative estimate of drug-likeness (QED) is 0.428. The standard InChI is InChI=1S/C13H14N2O3/c1-8(15-18)11-12(16)10(14-13(11)17)7-9-5-3-2-4-6-9/h2-6,10,16,18H,7H2,1H3,(H,14,17). The van der Waals surface area contributed by atoms with Crippen molar-refractivity contribution in [1.29, 1.82) is 0 Å². The van der Waals surface area contributed by atoms with Gasteiger partial charge in [-0.1, -0.05) is 35.5 Å². The highest BCUT2D eigenvalue weighted by Crippen LogP contribution is 2.19. The molecule has 1 heterocycles. The number of nitrogens with zero attached hydrogens (tertiary/aromatic N) is 1. The fraction of sp³-hybridized carbons (Fsp3) is 0.231. The topological polar surface area (TPSA) is 81.9 Å². The summed E-state index contributed by atoms with van der Waals surface area (Å²) < 4.78 is 0. The molecule has 0 aliphatic carbocycles. The van der Waals surface area contributed by atoms with Crippen LogP contribution >= 0.6 is 0 Å². The van der Waals surface area contributed by atoms with Crippen LogP contribution in [0.1, 0.15) is 12.5 Å². The van der Waals surface area contributed by atoms with Gasteiger partial charge >= 0.3 is 0 Å². The molecule has 0 bridgehead atoms. The number of hydrogen-bond donors (Lipinski definition) is 3. The lowest BCUT2D eigenvalue weighted by molar-refractivity contribution is -0.116. The number of nitrogens with one attached hydrogen (secondary N) is 1. The maximum Gasteiger partial charge on any atom is 0.257 e. The number of carbonyl (C=O) groups excluding carboxylic acids is 1. The molecule has 0 radical (unpaired) electrons. The summed E-state index contributed by atoms with van der Waals surface area (Å²) in [6.45, 7) is 1.47. The Morgan fingerprint density at radius 1 is 1.39 bits per heavy atom. The molecule has 1 atom stereocenters. The van der Waals surface area contributed by atoms with Gasteiger partial charge in [-0.3, -0.25) is 4.79 Å². The molecule has 1 aliphatic rings. The molecule has 0 aromatic heterocycles. The third kappa shape index (κ3) is 2.20. The Morgan fingerprint density at radius 2 is 2.06 bits per heavy atom. The summed E-state index contributed by atoms with van der Waals surface area (Å²) in [5, 5.41) is 24.3. The van der Waals surface area contributed by atoms with Gasteiger partial charge in [-0.15, -0.1) is 0 Å². The number of aliphatic hydroxyl groups excluding tert-OH is 1. The minimum absolute atomic E-state index is 0.0541. The molecule has 1 aliphatic heterocycles. The fourth-order valence-corrected chi connectivity index (χ4v) is 1.99. The van der Waals surface area contributed by atoms with E-state index in [1.165, 1.54) is 6.92 Å². The normalized spacial score (nSPS) is 20.2. The average molecular weight is 246 g/mol. The van der Waals surface area contributed by atoms with Crippen molar-refractivity contribution in [1.82, 2.24) is 5.32 Å². The van der Waals surface area contributed by atoms with Gasteiger partial charge in [0.2, 0.25) is 0 Å². The second kappa shape index (κ2) is 4.91. The molecule has 0 fully saturated rings. The smallest absolute Gasteiger partial charge is 0.257 e. The fourth-order valence-electron chi connectivity index (χ4n) is 1.99. The lowest BCUT2D eigenvalue weighted by atomic mass is 10.0. The monoisotopic (exact) mass is 246 g/mol. The van der Waals surface area contributed by atoms with Gasteiger partial charge in [-0.2, -0.15) is 0 Å². The largest absolute Gasteiger partial charge is 0.509 e. The summed E-state index contributed by atoms with van der Waals surface area (Å²) >= 11 is 0. The molecule has 5 heteroatoms. The number of benzene rings is 1. The van der Waals surface area contributed by atoms with E-state index in [1.807, 2.05) is 30.3 Å². The maximum absolute atomic E-state index is 11.7. The van der Waals surface area contributed by atoms with Crippen LogP contribution in [-0.2, 0) is 11.2 Å². The van der Waals surface area contributed by atoms with Crippen molar-refractivity contribution in [2.45, 2.75) is 19.4 Å². The second-order valence-electron chi connectivity index (χ2n) is 4.16. The SMILES string of the molecule is CC(=NO)C1=C(O)C(Cc2ccccc2)NC1=O. The van der Waals surface area contributed by atoms with Gasteiger partial charge in [0, 0.05) is 0 Å². The number of rotatable bonds is 3. The Bertz CT molecular complexity index is 520. The molecule has 3 N–H and O–H groups in total. The van der Waals surface area contributed by atoms with Gasteiger partial charge in [0.1, 0.15) is 11.3 Å². The minimum atomic E-state index is -0.466. The molecule has 18 heavy (non-hydrogen) atoms. The van der Waals surface area contributed by atoms with E-state index in [0.29, 0.717) is 6.42 Å². The summed E-state index contributed by atoms with van der Waals surface area (Å²) in [6, 6.07) is 9.07. The first-order valence-electron chi connectivity index (χ1n) is 5.60. The number of oxime groups is 1. The zero-order chi connectivity index (χ0) is 13.1. The Morgan fingerprint density at radius 3 is 2.67 bits per heavy atom. The van der Waals surface area contributed by atoms with Crippen LogP contribution in [0.5, 0.6) is 0 Å². The number of amides is 1. The first kappa shape index (κ1) is 12.2. The molecule has 0 spiro atoms. The molecule has 94 valence electrons. The predicted molar refractivity (Wildman–Crippen MR) is 66.6 cm³/mol. The van der Waals surface area contributed by atoms with Gasteiger partial charge < -0.3 is 15.6 Å². The van der Waals surface area contributed by atoms with E-state index in [9.17, 15) is 9.90 Å². The highest BCUT2D eigenvalue weighted by Gasteiger charge is 2.33. The van der Waals surface area contributed by atoms with E-state index in [-0.39, 0.29) is 17.0 Å². The van der Waals surface area contributed by atoms with Crippen LogP contribution in [0.15, 0.2) is 46.8 Å². The lowest BCUT2D eigenvalue weighted by Gasteiger charge is -2.10. The van der Waals surface area contributed by atoms with Gasteiger partial charge in [0.15, 0.2) is 0 Å². The molecule has 1 unspecified atom stereocenters. The van der Waals surface area contributed by atoms with Crippen LogP contribution in [0.4, 0.5) is 0 Å². The molecular weight excluding hydrogens is 232 g/mol. The molecule has 1 aromatic carbocycles. The molecule has 2 rings (SSSR count). The molecule has 0 saturated heterocycles. The summed E-state index contributed by atoms with van der Waals surface area (Å²) in [5.41, 5.74) is 1.17. The Balaban J connectivity index is 2.23. The third-order valence-corrected chi connectivity index (χ3v) is 2.91. The van der Waals surface area contributed by atoms with E-state index >= 15 is 0 Å². The Hall–Kier alpha value is -2.30. The maximum atomic E-state index is 11.7. The molecule has 1 amide bonds. The summed E-state index contributed by atoms with van der Waals surface area (Å²) in [5.74, 6) is -0.483. The van der Waals surface area contributed by atoms with E-state index in [0.717, 1.165) is 5.56 Å². The predicted octanol–water partition coefficient (Wildman–Crippen LogP) is 1.39. The average Bonchev–Trinajstić information content (AvgIpc) is 2.65. The van der Waals surface area contributed by atoms with Crippen molar-refractivity contribution >= 4 is 11.6 Å². The van der Waals surface area contributed by atoms with Gasteiger partial charge in [-0.25, -0.2) is 0 Å². The van der Waals surface area contributed by atoms with Crippen molar-refractivity contribution in [2.24, 2.45) is 5.16 Å². The summed E-state index contributed by atoms with van der Waals surface area (Å²) in [4.78, 5) is 11.7. The lowest BCUT2D eigenvalue weighted by Crippen LogP contribution is -2.31. The summed E-state index contributed by atoms with van der Waals surface area (Å²) in [7, 11) is 0. The van der Waals surface area contributed by atoms with Gasteiger partial charge in [0.05, 0.1) is 11.8 Å². The molecular formula is C13H14N2O3. The van der Waals surface area contributed by atoms with Crippen molar-refractivity contribution < 1.29 is 15.1 Å². The zero-order valence-corrected chi connectivity index (χ0v) is 9.92. The van der Waals surface area contributed by atoms with Crippen LogP contribution in [0.2, 0.25) is 0 Å². The van der Waals surface area contributed by atoms with E-state index < -0.39 is 11.9 Å². The van der Waals surface area contributed by atoms with Gasteiger partial charge in [0.25, 0.3) is 5.91 Å². The first-order chi connectivity index (χ1) is 8.63. The van der Waals surface area contributed by atoms with E-state index in [2.05, 4.69) is 10.5 Å². The molecule has 1 aromatic rings. The molecule has 5 nitrogen and oxygen atoms in total. The zero-order valence-electron chi connectivity index (χ0n) is 9.92. The van der Waals surface area contributed by atoms with Gasteiger partial charge in [-0.05, 0) is 18.9 Å². The number of aliphatic hydroxyl groups is 1. The number of carbonyl (C=O) groups is 1. The van der Waals surface area contributed by atoms with Crippen molar-refractivity contribution in [3.05, 3.63) is 47.2 Å². The number of hydrogen-bond acceptors (Lipinski definition) is 4. The Kier molecular flexibility index (Phi) is 3.32. The van der Waals surface area contributed by atoms with Crippen LogP contribution in [0.25, 0.3) is 0 Å². The van der Waals surface area contributed by atoms with Crippen LogP contribution in [-0.4, -0.2) is 28.0 Å². The van der Waals surface area contributed by atoms with Crippen molar-refractivity contribution in [3.63, 3.8) is 0 Å². The van der Waals surface area contributed by atoms with E-state index in [1.54, 1.807) is 0 Å². The van der Waals surface area contributed by atoms with Crippen LogP contribution in [0.3, 0.4) is 0 Å². The third-order valence-electron chi connectivity index (χ3n) is 2.91. The highest BCUT2D eigenvalue weighted by atomic mass is 16.4. The summed E-state index contributed by atoms with van der Waals surface area (Å²) in [6.07, 6.45) is 0.501. The van der Waals surface area contributed by atoms with Crippen LogP contribution in [0, 0.1) is 0 Å². The minimum Gasteiger partial charge on any atom is -0.509 e. The van der Waals surface area contributed by atoms with E-state index in [4.69, 9.17) is 5.21 Å². The molecule has 0 saturated carbocycles. The highest BCUT2D eigenvalue weighted by molar-refractivity contribution is 6.22. The van der Waals surface area contributed by atoms with Crippen molar-refractivity contribution in [3.8, 4) is 0 Å². The van der Waals surface area contributed by atoms with Crippen molar-refractivity contribution in [2.75, 3.05) is 0 Å². The second-order valence-corrected chi connectivity index (χ2v) is 4.16. The first-order valence-corrected chi connectivity index (χ1v) is 5.60. The Labute approximate surface area is 104 Å².